The van der Waals surface area contributed by atoms with Crippen LogP contribution >= 0.6 is 0 Å². The minimum absolute atomic E-state index is 0.150. The van der Waals surface area contributed by atoms with Crippen molar-refractivity contribution in [3.63, 3.8) is 0 Å². The van der Waals surface area contributed by atoms with Gasteiger partial charge in [-0.05, 0) is 59.9 Å². The maximum absolute atomic E-state index is 5.26. The highest BCUT2D eigenvalue weighted by atomic mass is 16.5. The second-order valence-electron chi connectivity index (χ2n) is 6.83. The fourth-order valence-electron chi connectivity index (χ4n) is 3.13. The first-order valence-corrected chi connectivity index (χ1v) is 9.77. The summed E-state index contributed by atoms with van der Waals surface area (Å²) < 4.78 is 10.5. The Morgan fingerprint density at radius 2 is 1.24 bits per heavy atom. The van der Waals surface area contributed by atoms with E-state index >= 15 is 0 Å². The fraction of sp³-hybridized carbons (Fsp3) is 0.192. The predicted molar refractivity (Wildman–Crippen MR) is 121 cm³/mol. The van der Waals surface area contributed by atoms with Crippen molar-refractivity contribution in [3.8, 4) is 11.5 Å². The summed E-state index contributed by atoms with van der Waals surface area (Å²) in [5, 5.41) is 0. The standard InChI is InChI=1S/C26H27NO2/c1-28-25-14-10-22(11-15-25)19-24(20-23-12-16-26(29-2)17-13-23)27-18-6-9-21-7-4-3-5-8-21/h3-18,24H,19-20H2,1-2H3. The van der Waals surface area contributed by atoms with Crippen LogP contribution in [0.25, 0.3) is 6.08 Å². The Morgan fingerprint density at radius 1 is 0.724 bits per heavy atom. The van der Waals surface area contributed by atoms with Gasteiger partial charge in [0.25, 0.3) is 0 Å². The van der Waals surface area contributed by atoms with Crippen molar-refractivity contribution in [3.05, 3.63) is 102 Å². The largest absolute Gasteiger partial charge is 0.497 e. The molecular formula is C26H27NO2. The monoisotopic (exact) mass is 385 g/mol. The zero-order valence-corrected chi connectivity index (χ0v) is 17.0. The Balaban J connectivity index is 1.71. The number of methoxy groups -OCH3 is 2. The van der Waals surface area contributed by atoms with Gasteiger partial charge in [0.1, 0.15) is 11.5 Å². The number of allylic oxidation sites excluding steroid dienone is 1. The van der Waals surface area contributed by atoms with Gasteiger partial charge < -0.3 is 9.47 Å². The molecule has 0 fully saturated rings. The van der Waals surface area contributed by atoms with E-state index in [1.54, 1.807) is 14.2 Å². The molecule has 0 atom stereocenters. The quantitative estimate of drug-likeness (QED) is 0.446. The Hall–Kier alpha value is -3.33. The van der Waals surface area contributed by atoms with Crippen LogP contribution in [0.2, 0.25) is 0 Å². The SMILES string of the molecule is COc1ccc(CC(Cc2ccc(OC)cc2)N=CC=Cc2ccccc2)cc1. The Bertz CT molecular complexity index is 864. The van der Waals surface area contributed by atoms with Gasteiger partial charge in [-0.1, -0.05) is 60.7 Å². The number of ether oxygens (including phenoxy) is 2. The number of rotatable bonds is 9. The molecule has 3 aromatic carbocycles. The van der Waals surface area contributed by atoms with Gasteiger partial charge in [0.2, 0.25) is 0 Å². The summed E-state index contributed by atoms with van der Waals surface area (Å²) in [4.78, 5) is 4.84. The lowest BCUT2D eigenvalue weighted by Crippen LogP contribution is -2.12. The van der Waals surface area contributed by atoms with Crippen LogP contribution in [0, 0.1) is 0 Å². The second-order valence-corrected chi connectivity index (χ2v) is 6.83. The Labute approximate surface area is 173 Å². The van der Waals surface area contributed by atoms with Crippen LogP contribution in [0.3, 0.4) is 0 Å². The van der Waals surface area contributed by atoms with Crippen molar-refractivity contribution in [2.24, 2.45) is 4.99 Å². The molecule has 0 spiro atoms. The Kier molecular flexibility index (Phi) is 7.64. The molecule has 3 aromatic rings. The molecule has 0 aromatic heterocycles. The lowest BCUT2D eigenvalue weighted by Gasteiger charge is -2.13. The van der Waals surface area contributed by atoms with Crippen LogP contribution < -0.4 is 9.47 Å². The van der Waals surface area contributed by atoms with E-state index < -0.39 is 0 Å². The third kappa shape index (κ3) is 6.65. The molecular weight excluding hydrogens is 358 g/mol. The third-order valence-electron chi connectivity index (χ3n) is 4.73. The molecule has 3 heteroatoms. The van der Waals surface area contributed by atoms with E-state index in [1.807, 2.05) is 54.8 Å². The molecule has 0 bridgehead atoms. The number of hydrogen-bond donors (Lipinski definition) is 0. The van der Waals surface area contributed by atoms with Gasteiger partial charge in [0.15, 0.2) is 0 Å². The van der Waals surface area contributed by atoms with E-state index in [0.717, 1.165) is 24.3 Å². The van der Waals surface area contributed by atoms with Crippen molar-refractivity contribution < 1.29 is 9.47 Å². The van der Waals surface area contributed by atoms with Gasteiger partial charge in [0, 0.05) is 6.21 Å². The highest BCUT2D eigenvalue weighted by Gasteiger charge is 2.09. The summed E-state index contributed by atoms with van der Waals surface area (Å²) in [5.41, 5.74) is 3.66. The summed E-state index contributed by atoms with van der Waals surface area (Å²) >= 11 is 0. The molecule has 0 aliphatic carbocycles. The molecule has 3 rings (SSSR count). The predicted octanol–water partition coefficient (Wildman–Crippen LogP) is 5.64. The molecule has 0 aliphatic rings. The molecule has 0 saturated heterocycles. The number of aliphatic imine (C=N–C) groups is 1. The van der Waals surface area contributed by atoms with E-state index in [0.29, 0.717) is 0 Å². The maximum atomic E-state index is 5.26. The average molecular weight is 386 g/mol. The van der Waals surface area contributed by atoms with E-state index in [1.165, 1.54) is 16.7 Å². The second kappa shape index (κ2) is 10.9. The van der Waals surface area contributed by atoms with Crippen molar-refractivity contribution in [2.75, 3.05) is 14.2 Å². The van der Waals surface area contributed by atoms with Crippen molar-refractivity contribution in [1.29, 1.82) is 0 Å². The van der Waals surface area contributed by atoms with Crippen LogP contribution in [-0.4, -0.2) is 26.5 Å². The highest BCUT2D eigenvalue weighted by molar-refractivity contribution is 5.78. The molecule has 3 nitrogen and oxygen atoms in total. The third-order valence-corrected chi connectivity index (χ3v) is 4.73. The molecule has 0 radical (unpaired) electrons. The summed E-state index contributed by atoms with van der Waals surface area (Å²) in [6.45, 7) is 0. The molecule has 0 aliphatic heterocycles. The van der Waals surface area contributed by atoms with E-state index in [-0.39, 0.29) is 6.04 Å². The maximum Gasteiger partial charge on any atom is 0.118 e. The summed E-state index contributed by atoms with van der Waals surface area (Å²) in [5.74, 6) is 1.74. The van der Waals surface area contributed by atoms with Crippen LogP contribution in [0.4, 0.5) is 0 Å². The van der Waals surface area contributed by atoms with Crippen molar-refractivity contribution >= 4 is 12.3 Å². The van der Waals surface area contributed by atoms with Crippen LogP contribution in [0.15, 0.2) is 89.9 Å². The molecule has 148 valence electrons. The van der Waals surface area contributed by atoms with E-state index in [2.05, 4.69) is 42.5 Å². The number of benzene rings is 3. The van der Waals surface area contributed by atoms with Gasteiger partial charge in [-0.15, -0.1) is 0 Å². The topological polar surface area (TPSA) is 30.8 Å². The fourth-order valence-corrected chi connectivity index (χ4v) is 3.13. The van der Waals surface area contributed by atoms with Gasteiger partial charge in [0.05, 0.1) is 20.3 Å². The van der Waals surface area contributed by atoms with Gasteiger partial charge in [-0.3, -0.25) is 4.99 Å². The molecule has 29 heavy (non-hydrogen) atoms. The zero-order chi connectivity index (χ0) is 20.3. The normalized spacial score (nSPS) is 11.4. The van der Waals surface area contributed by atoms with Crippen LogP contribution in [0.5, 0.6) is 11.5 Å². The first kappa shape index (κ1) is 20.4. The average Bonchev–Trinajstić information content (AvgIpc) is 2.78. The molecule has 0 amide bonds. The van der Waals surface area contributed by atoms with Crippen LogP contribution in [0.1, 0.15) is 16.7 Å². The lowest BCUT2D eigenvalue weighted by atomic mass is 9.99. The first-order valence-electron chi connectivity index (χ1n) is 9.77. The van der Waals surface area contributed by atoms with Crippen LogP contribution in [-0.2, 0) is 12.8 Å². The van der Waals surface area contributed by atoms with Crippen molar-refractivity contribution in [1.82, 2.24) is 0 Å². The number of hydrogen-bond acceptors (Lipinski definition) is 3. The van der Waals surface area contributed by atoms with Crippen molar-refractivity contribution in [2.45, 2.75) is 18.9 Å². The van der Waals surface area contributed by atoms with Gasteiger partial charge >= 0.3 is 0 Å². The summed E-state index contributed by atoms with van der Waals surface area (Å²) in [6.07, 6.45) is 7.72. The minimum atomic E-state index is 0.150. The minimum Gasteiger partial charge on any atom is -0.497 e. The number of nitrogens with zero attached hydrogens (tertiary/aromatic N) is 1. The lowest BCUT2D eigenvalue weighted by molar-refractivity contribution is 0.414. The summed E-state index contributed by atoms with van der Waals surface area (Å²) in [7, 11) is 3.37. The first-order chi connectivity index (χ1) is 14.3. The molecule has 0 heterocycles. The zero-order valence-electron chi connectivity index (χ0n) is 17.0. The highest BCUT2D eigenvalue weighted by Crippen LogP contribution is 2.18. The van der Waals surface area contributed by atoms with Gasteiger partial charge in [-0.25, -0.2) is 0 Å². The Morgan fingerprint density at radius 3 is 1.72 bits per heavy atom. The summed E-state index contributed by atoms with van der Waals surface area (Å²) in [6, 6.07) is 26.8. The molecule has 0 saturated carbocycles. The molecule has 0 N–H and O–H groups in total. The molecule has 0 unspecified atom stereocenters. The smallest absolute Gasteiger partial charge is 0.118 e. The van der Waals surface area contributed by atoms with E-state index in [4.69, 9.17) is 14.5 Å². The van der Waals surface area contributed by atoms with Gasteiger partial charge in [-0.2, -0.15) is 0 Å². The van der Waals surface area contributed by atoms with E-state index in [9.17, 15) is 0 Å².